The lowest BCUT2D eigenvalue weighted by atomic mass is 10.1. The van der Waals surface area contributed by atoms with Gasteiger partial charge in [0.2, 0.25) is 0 Å². The van der Waals surface area contributed by atoms with Crippen LogP contribution in [-0.4, -0.2) is 30.8 Å². The van der Waals surface area contributed by atoms with Gasteiger partial charge in [0.1, 0.15) is 0 Å². The molecule has 0 aliphatic heterocycles. The molecule has 0 saturated heterocycles. The van der Waals surface area contributed by atoms with Crippen molar-refractivity contribution in [1.82, 2.24) is 19.7 Å². The number of hydrogen-bond acceptors (Lipinski definition) is 4. The van der Waals surface area contributed by atoms with Crippen molar-refractivity contribution in [3.05, 3.63) is 38.8 Å². The number of aromatic amines is 1. The maximum absolute atomic E-state index is 12.2. The number of carboxylic acid groups (broad SMARTS) is 1. The van der Waals surface area contributed by atoms with E-state index >= 15 is 0 Å². The monoisotopic (exact) mass is 290 g/mol. The van der Waals surface area contributed by atoms with Gasteiger partial charge in [-0.05, 0) is 39.7 Å². The van der Waals surface area contributed by atoms with Crippen molar-refractivity contribution < 1.29 is 9.90 Å². The van der Waals surface area contributed by atoms with E-state index in [1.807, 2.05) is 13.8 Å². The molecular weight excluding hydrogens is 272 g/mol. The van der Waals surface area contributed by atoms with Crippen LogP contribution in [0.5, 0.6) is 0 Å². The van der Waals surface area contributed by atoms with Crippen LogP contribution < -0.4 is 5.69 Å². The van der Waals surface area contributed by atoms with Crippen LogP contribution in [0, 0.1) is 27.7 Å². The van der Waals surface area contributed by atoms with Gasteiger partial charge in [-0.1, -0.05) is 0 Å². The minimum atomic E-state index is -0.873. The Labute approximate surface area is 121 Å². The van der Waals surface area contributed by atoms with Gasteiger partial charge in [0.05, 0.1) is 17.1 Å². The van der Waals surface area contributed by atoms with E-state index in [1.165, 1.54) is 4.57 Å². The Morgan fingerprint density at radius 1 is 1.24 bits per heavy atom. The zero-order valence-corrected chi connectivity index (χ0v) is 12.5. The van der Waals surface area contributed by atoms with Crippen molar-refractivity contribution >= 4 is 5.97 Å². The maximum Gasteiger partial charge on any atom is 0.352 e. The smallest absolute Gasteiger partial charge is 0.352 e. The molecule has 2 aromatic heterocycles. The summed E-state index contributed by atoms with van der Waals surface area (Å²) in [6.07, 6.45) is 0.348. The number of carboxylic acids is 1. The first-order valence-corrected chi connectivity index (χ1v) is 6.65. The van der Waals surface area contributed by atoms with Gasteiger partial charge in [-0.15, -0.1) is 0 Å². The topological polar surface area (TPSA) is 101 Å². The van der Waals surface area contributed by atoms with Gasteiger partial charge < -0.3 is 5.11 Å². The third kappa shape index (κ3) is 2.72. The average Bonchev–Trinajstić information content (AvgIpc) is 2.69. The van der Waals surface area contributed by atoms with E-state index in [-0.39, 0.29) is 12.1 Å². The number of carbonyl (C=O) groups is 1. The van der Waals surface area contributed by atoms with Gasteiger partial charge >= 0.3 is 11.7 Å². The second-order valence-electron chi connectivity index (χ2n) is 5.06. The van der Waals surface area contributed by atoms with Gasteiger partial charge in [-0.3, -0.25) is 14.5 Å². The Morgan fingerprint density at radius 2 is 1.90 bits per heavy atom. The molecular formula is C14H18N4O3. The van der Waals surface area contributed by atoms with Crippen LogP contribution in [0.25, 0.3) is 5.69 Å². The van der Waals surface area contributed by atoms with E-state index in [1.54, 1.807) is 13.8 Å². The summed E-state index contributed by atoms with van der Waals surface area (Å²) in [5, 5.41) is 15.8. The number of nitrogens with one attached hydrogen (secondary N) is 1. The molecule has 2 heterocycles. The van der Waals surface area contributed by atoms with E-state index < -0.39 is 5.97 Å². The summed E-state index contributed by atoms with van der Waals surface area (Å²) in [5.41, 5.74) is 3.85. The third-order valence-corrected chi connectivity index (χ3v) is 3.57. The molecule has 0 unspecified atom stereocenters. The molecule has 0 amide bonds. The van der Waals surface area contributed by atoms with E-state index in [4.69, 9.17) is 5.11 Å². The summed E-state index contributed by atoms with van der Waals surface area (Å²) in [7, 11) is 0. The standard InChI is InChI=1S/C14H18N4O3/c1-7-11(5-6-12(19)20)10(4)18(14(21)15-7)13-8(2)16-17-9(13)3/h5-6H2,1-4H3,(H,16,17)(H,19,20). The van der Waals surface area contributed by atoms with Crippen molar-refractivity contribution in [3.63, 3.8) is 0 Å². The third-order valence-electron chi connectivity index (χ3n) is 3.57. The van der Waals surface area contributed by atoms with E-state index in [2.05, 4.69) is 15.2 Å². The lowest BCUT2D eigenvalue weighted by molar-refractivity contribution is -0.136. The predicted molar refractivity (Wildman–Crippen MR) is 76.9 cm³/mol. The quantitative estimate of drug-likeness (QED) is 0.881. The molecule has 0 bridgehead atoms. The Hall–Kier alpha value is -2.44. The lowest BCUT2D eigenvalue weighted by Crippen LogP contribution is -2.27. The summed E-state index contributed by atoms with van der Waals surface area (Å²) in [5.74, 6) is -0.873. The highest BCUT2D eigenvalue weighted by Crippen LogP contribution is 2.19. The molecule has 0 atom stereocenters. The number of hydrogen-bond donors (Lipinski definition) is 2. The van der Waals surface area contributed by atoms with E-state index in [9.17, 15) is 9.59 Å². The molecule has 7 nitrogen and oxygen atoms in total. The Balaban J connectivity index is 2.65. The molecule has 112 valence electrons. The van der Waals surface area contributed by atoms with Crippen LogP contribution in [0.3, 0.4) is 0 Å². The van der Waals surface area contributed by atoms with Gasteiger partial charge in [0.25, 0.3) is 0 Å². The Kier molecular flexibility index (Phi) is 3.93. The van der Waals surface area contributed by atoms with Gasteiger partial charge in [-0.2, -0.15) is 10.1 Å². The van der Waals surface area contributed by atoms with Gasteiger partial charge in [0, 0.05) is 17.8 Å². The van der Waals surface area contributed by atoms with Gasteiger partial charge in [0.15, 0.2) is 0 Å². The van der Waals surface area contributed by atoms with Gasteiger partial charge in [-0.25, -0.2) is 4.79 Å². The fourth-order valence-corrected chi connectivity index (χ4v) is 2.53. The minimum Gasteiger partial charge on any atom is -0.481 e. The number of H-pyrrole nitrogens is 1. The van der Waals surface area contributed by atoms with Crippen LogP contribution in [0.1, 0.15) is 34.8 Å². The molecule has 2 rings (SSSR count). The Bertz CT molecular complexity index is 739. The molecule has 0 saturated carbocycles. The fourth-order valence-electron chi connectivity index (χ4n) is 2.53. The number of aryl methyl sites for hydroxylation is 3. The maximum atomic E-state index is 12.2. The Morgan fingerprint density at radius 3 is 2.43 bits per heavy atom. The highest BCUT2D eigenvalue weighted by Gasteiger charge is 2.18. The van der Waals surface area contributed by atoms with Crippen LogP contribution in [0.15, 0.2) is 4.79 Å². The molecule has 2 N–H and O–H groups in total. The SMILES string of the molecule is Cc1nc(=O)n(-c2c(C)n[nH]c2C)c(C)c1CCC(=O)O. The number of rotatable bonds is 4. The second-order valence-corrected chi connectivity index (χ2v) is 5.06. The molecule has 2 aromatic rings. The second kappa shape index (κ2) is 5.51. The molecule has 0 fully saturated rings. The lowest BCUT2D eigenvalue weighted by Gasteiger charge is -2.15. The first-order valence-electron chi connectivity index (χ1n) is 6.65. The first-order chi connectivity index (χ1) is 9.82. The largest absolute Gasteiger partial charge is 0.481 e. The zero-order chi connectivity index (χ0) is 15.7. The summed E-state index contributed by atoms with van der Waals surface area (Å²) < 4.78 is 1.50. The van der Waals surface area contributed by atoms with Crippen LogP contribution in [0.4, 0.5) is 0 Å². The van der Waals surface area contributed by atoms with Crippen molar-refractivity contribution in [2.24, 2.45) is 0 Å². The van der Waals surface area contributed by atoms with Crippen molar-refractivity contribution in [3.8, 4) is 5.69 Å². The van der Waals surface area contributed by atoms with E-state index in [0.29, 0.717) is 29.2 Å². The summed E-state index contributed by atoms with van der Waals surface area (Å²) in [6.45, 7) is 7.17. The normalized spacial score (nSPS) is 10.9. The van der Waals surface area contributed by atoms with Crippen molar-refractivity contribution in [1.29, 1.82) is 0 Å². The number of nitrogens with zero attached hydrogens (tertiary/aromatic N) is 3. The van der Waals surface area contributed by atoms with Crippen LogP contribution in [-0.2, 0) is 11.2 Å². The molecule has 21 heavy (non-hydrogen) atoms. The average molecular weight is 290 g/mol. The fraction of sp³-hybridized carbons (Fsp3) is 0.429. The predicted octanol–water partition coefficient (Wildman–Crippen LogP) is 1.21. The summed E-state index contributed by atoms with van der Waals surface area (Å²) in [6, 6.07) is 0. The molecule has 7 heteroatoms. The molecule has 0 spiro atoms. The van der Waals surface area contributed by atoms with E-state index in [0.717, 1.165) is 11.3 Å². The number of aliphatic carboxylic acids is 1. The summed E-state index contributed by atoms with van der Waals surface area (Å²) in [4.78, 5) is 27.1. The van der Waals surface area contributed by atoms with Crippen molar-refractivity contribution in [2.75, 3.05) is 0 Å². The highest BCUT2D eigenvalue weighted by molar-refractivity contribution is 5.67. The van der Waals surface area contributed by atoms with Crippen LogP contribution in [0.2, 0.25) is 0 Å². The minimum absolute atomic E-state index is 0.00488. The molecule has 0 aromatic carbocycles. The molecule has 0 radical (unpaired) electrons. The first kappa shape index (κ1) is 15.0. The van der Waals surface area contributed by atoms with Crippen molar-refractivity contribution in [2.45, 2.75) is 40.5 Å². The van der Waals surface area contributed by atoms with Crippen LogP contribution >= 0.6 is 0 Å². The highest BCUT2D eigenvalue weighted by atomic mass is 16.4. The molecule has 0 aliphatic carbocycles. The summed E-state index contributed by atoms with van der Waals surface area (Å²) >= 11 is 0. The molecule has 0 aliphatic rings. The zero-order valence-electron chi connectivity index (χ0n) is 12.5. The number of aromatic nitrogens is 4.